The molecular formula is C9H11ClFNO2. The van der Waals surface area contributed by atoms with Gasteiger partial charge in [0.2, 0.25) is 0 Å². The molecule has 1 aromatic carbocycles. The molecule has 14 heavy (non-hydrogen) atoms. The van der Waals surface area contributed by atoms with Gasteiger partial charge in [-0.25, -0.2) is 4.39 Å². The number of hydrogen-bond donors (Lipinski definition) is 2. The number of halogens is 2. The Bertz CT molecular complexity index is 302. The number of benzene rings is 1. The molecule has 0 fully saturated rings. The molecule has 5 heteroatoms. The van der Waals surface area contributed by atoms with Crippen molar-refractivity contribution in [2.24, 2.45) is 5.73 Å². The average molecular weight is 220 g/mol. The summed E-state index contributed by atoms with van der Waals surface area (Å²) in [7, 11) is 0. The zero-order chi connectivity index (χ0) is 9.84. The van der Waals surface area contributed by atoms with Gasteiger partial charge in [0.15, 0.2) is 0 Å². The largest absolute Gasteiger partial charge is 0.481 e. The first-order chi connectivity index (χ1) is 6.15. The summed E-state index contributed by atoms with van der Waals surface area (Å²) >= 11 is 0. The van der Waals surface area contributed by atoms with Crippen LogP contribution in [0.1, 0.15) is 11.5 Å². The summed E-state index contributed by atoms with van der Waals surface area (Å²) in [6.07, 6.45) is 0. The second kappa shape index (κ2) is 5.57. The van der Waals surface area contributed by atoms with Crippen LogP contribution in [0.3, 0.4) is 0 Å². The van der Waals surface area contributed by atoms with Crippen LogP contribution in [-0.2, 0) is 4.79 Å². The standard InChI is InChI=1S/C9H10FNO2.ClH/c10-7-3-1-6(2-4-7)8(5-11)9(12)13;/h1-4,8H,5,11H2,(H,12,13);1H/t8-;/m0./s1. The van der Waals surface area contributed by atoms with E-state index < -0.39 is 11.9 Å². The molecule has 3 N–H and O–H groups in total. The van der Waals surface area contributed by atoms with Crippen LogP contribution in [0.2, 0.25) is 0 Å². The van der Waals surface area contributed by atoms with Crippen LogP contribution < -0.4 is 5.73 Å². The summed E-state index contributed by atoms with van der Waals surface area (Å²) in [5, 5.41) is 8.72. The maximum atomic E-state index is 12.5. The van der Waals surface area contributed by atoms with Gasteiger partial charge in [0, 0.05) is 6.54 Å². The van der Waals surface area contributed by atoms with Gasteiger partial charge in [-0.2, -0.15) is 0 Å². The first-order valence-corrected chi connectivity index (χ1v) is 3.83. The minimum atomic E-state index is -0.992. The molecule has 0 saturated carbocycles. The van der Waals surface area contributed by atoms with Crippen molar-refractivity contribution in [1.82, 2.24) is 0 Å². The Balaban J connectivity index is 0.00000169. The molecule has 0 aromatic heterocycles. The Hall–Kier alpha value is -1.13. The molecule has 0 unspecified atom stereocenters. The molecular weight excluding hydrogens is 209 g/mol. The van der Waals surface area contributed by atoms with Gasteiger partial charge in [-0.15, -0.1) is 12.4 Å². The van der Waals surface area contributed by atoms with Crippen molar-refractivity contribution in [2.75, 3.05) is 6.54 Å². The van der Waals surface area contributed by atoms with E-state index in [9.17, 15) is 9.18 Å². The van der Waals surface area contributed by atoms with Gasteiger partial charge in [0.05, 0.1) is 5.92 Å². The van der Waals surface area contributed by atoms with Gasteiger partial charge in [-0.3, -0.25) is 4.79 Å². The number of carboxylic acids is 1. The van der Waals surface area contributed by atoms with Crippen LogP contribution in [0.5, 0.6) is 0 Å². The van der Waals surface area contributed by atoms with Crippen molar-refractivity contribution in [1.29, 1.82) is 0 Å². The summed E-state index contributed by atoms with van der Waals surface area (Å²) in [5.41, 5.74) is 5.79. The molecule has 1 atom stereocenters. The highest BCUT2D eigenvalue weighted by Crippen LogP contribution is 2.14. The molecule has 1 aromatic rings. The predicted molar refractivity (Wildman–Crippen MR) is 53.1 cm³/mol. The molecule has 78 valence electrons. The van der Waals surface area contributed by atoms with E-state index >= 15 is 0 Å². The fourth-order valence-electron chi connectivity index (χ4n) is 1.07. The summed E-state index contributed by atoms with van der Waals surface area (Å²) in [6, 6.07) is 5.31. The Morgan fingerprint density at radius 2 is 1.93 bits per heavy atom. The fourth-order valence-corrected chi connectivity index (χ4v) is 1.07. The Labute approximate surface area is 87.1 Å². The summed E-state index contributed by atoms with van der Waals surface area (Å²) in [6.45, 7) is 0.0148. The van der Waals surface area contributed by atoms with E-state index in [-0.39, 0.29) is 24.8 Å². The Kier molecular flexibility index (Phi) is 5.12. The van der Waals surface area contributed by atoms with E-state index in [2.05, 4.69) is 0 Å². The van der Waals surface area contributed by atoms with Crippen LogP contribution >= 0.6 is 12.4 Å². The second-order valence-corrected chi connectivity index (χ2v) is 2.68. The second-order valence-electron chi connectivity index (χ2n) is 2.68. The van der Waals surface area contributed by atoms with Gasteiger partial charge in [0.1, 0.15) is 5.82 Å². The normalized spacial score (nSPS) is 11.6. The van der Waals surface area contributed by atoms with Crippen LogP contribution in [0.4, 0.5) is 4.39 Å². The average Bonchev–Trinajstić information content (AvgIpc) is 2.09. The third kappa shape index (κ3) is 2.97. The monoisotopic (exact) mass is 219 g/mol. The minimum absolute atomic E-state index is 0. The summed E-state index contributed by atoms with van der Waals surface area (Å²) in [4.78, 5) is 10.6. The summed E-state index contributed by atoms with van der Waals surface area (Å²) < 4.78 is 12.5. The van der Waals surface area contributed by atoms with Crippen LogP contribution in [0.15, 0.2) is 24.3 Å². The lowest BCUT2D eigenvalue weighted by atomic mass is 10.00. The topological polar surface area (TPSA) is 63.3 Å². The first kappa shape index (κ1) is 12.9. The maximum absolute atomic E-state index is 12.5. The fraction of sp³-hybridized carbons (Fsp3) is 0.222. The van der Waals surface area contributed by atoms with Crippen LogP contribution in [0.25, 0.3) is 0 Å². The highest BCUT2D eigenvalue weighted by molar-refractivity contribution is 5.85. The molecule has 0 aliphatic heterocycles. The van der Waals surface area contributed by atoms with Crippen LogP contribution in [-0.4, -0.2) is 17.6 Å². The smallest absolute Gasteiger partial charge is 0.312 e. The number of aliphatic carboxylic acids is 1. The molecule has 0 aliphatic rings. The van der Waals surface area contributed by atoms with Gasteiger partial charge in [-0.1, -0.05) is 12.1 Å². The number of rotatable bonds is 3. The molecule has 0 heterocycles. The van der Waals surface area contributed by atoms with Crippen molar-refractivity contribution < 1.29 is 14.3 Å². The molecule has 0 bridgehead atoms. The zero-order valence-corrected chi connectivity index (χ0v) is 8.13. The molecule has 0 spiro atoms. The lowest BCUT2D eigenvalue weighted by Crippen LogP contribution is -2.20. The number of carbonyl (C=O) groups is 1. The lowest BCUT2D eigenvalue weighted by Gasteiger charge is -2.08. The van der Waals surface area contributed by atoms with E-state index in [4.69, 9.17) is 10.8 Å². The van der Waals surface area contributed by atoms with Crippen molar-refractivity contribution >= 4 is 18.4 Å². The minimum Gasteiger partial charge on any atom is -0.481 e. The highest BCUT2D eigenvalue weighted by atomic mass is 35.5. The van der Waals surface area contributed by atoms with Crippen molar-refractivity contribution in [3.05, 3.63) is 35.6 Å². The van der Waals surface area contributed by atoms with Crippen LogP contribution in [0, 0.1) is 5.82 Å². The third-order valence-corrected chi connectivity index (χ3v) is 1.81. The molecule has 0 aliphatic carbocycles. The predicted octanol–water partition coefficient (Wildman–Crippen LogP) is 1.37. The van der Waals surface area contributed by atoms with E-state index in [1.165, 1.54) is 24.3 Å². The van der Waals surface area contributed by atoms with Gasteiger partial charge < -0.3 is 10.8 Å². The van der Waals surface area contributed by atoms with E-state index in [1.54, 1.807) is 0 Å². The first-order valence-electron chi connectivity index (χ1n) is 3.83. The molecule has 0 amide bonds. The third-order valence-electron chi connectivity index (χ3n) is 1.81. The van der Waals surface area contributed by atoms with E-state index in [0.717, 1.165) is 0 Å². The molecule has 0 saturated heterocycles. The number of nitrogens with two attached hydrogens (primary N) is 1. The highest BCUT2D eigenvalue weighted by Gasteiger charge is 2.17. The number of carboxylic acid groups (broad SMARTS) is 1. The number of hydrogen-bond acceptors (Lipinski definition) is 2. The molecule has 0 radical (unpaired) electrons. The maximum Gasteiger partial charge on any atom is 0.312 e. The quantitative estimate of drug-likeness (QED) is 0.807. The van der Waals surface area contributed by atoms with E-state index in [1.807, 2.05) is 0 Å². The van der Waals surface area contributed by atoms with E-state index in [0.29, 0.717) is 5.56 Å². The van der Waals surface area contributed by atoms with Crippen molar-refractivity contribution in [3.8, 4) is 0 Å². The zero-order valence-electron chi connectivity index (χ0n) is 7.31. The van der Waals surface area contributed by atoms with Gasteiger partial charge >= 0.3 is 5.97 Å². The lowest BCUT2D eigenvalue weighted by molar-refractivity contribution is -0.138. The SMILES string of the molecule is Cl.NC[C@H](C(=O)O)c1ccc(F)cc1. The van der Waals surface area contributed by atoms with Gasteiger partial charge in [-0.05, 0) is 17.7 Å². The summed E-state index contributed by atoms with van der Waals surface area (Å²) in [5.74, 6) is -2.13. The Morgan fingerprint density at radius 3 is 2.29 bits per heavy atom. The van der Waals surface area contributed by atoms with Crippen molar-refractivity contribution in [3.63, 3.8) is 0 Å². The van der Waals surface area contributed by atoms with Crippen molar-refractivity contribution in [2.45, 2.75) is 5.92 Å². The Morgan fingerprint density at radius 1 is 1.43 bits per heavy atom. The van der Waals surface area contributed by atoms with Gasteiger partial charge in [0.25, 0.3) is 0 Å². The molecule has 3 nitrogen and oxygen atoms in total. The molecule has 1 rings (SSSR count).